The summed E-state index contributed by atoms with van der Waals surface area (Å²) in [6, 6.07) is 10.3. The van der Waals surface area contributed by atoms with E-state index >= 15 is 0 Å². The van der Waals surface area contributed by atoms with Gasteiger partial charge in [-0.25, -0.2) is 0 Å². The number of benzene rings is 1. The maximum Gasteiger partial charge on any atom is 0.0844 e. The van der Waals surface area contributed by atoms with Gasteiger partial charge in [-0.3, -0.25) is 0 Å². The highest BCUT2D eigenvalue weighted by molar-refractivity contribution is 7.81. The molecule has 0 radical (unpaired) electrons. The van der Waals surface area contributed by atoms with E-state index in [2.05, 4.69) is 24.8 Å². The van der Waals surface area contributed by atoms with Gasteiger partial charge in [0.25, 0.3) is 0 Å². The quantitative estimate of drug-likeness (QED) is 0.626. The van der Waals surface area contributed by atoms with Crippen LogP contribution >= 0.6 is 12.6 Å². The Balaban J connectivity index is 2.29. The number of rotatable bonds is 1. The first kappa shape index (κ1) is 7.19. The second kappa shape index (κ2) is 2.54. The van der Waals surface area contributed by atoms with E-state index in [-0.39, 0.29) is 4.75 Å². The predicted octanol–water partition coefficient (Wildman–Crippen LogP) is 1.84. The second-order valence-corrected chi connectivity index (χ2v) is 3.75. The molecule has 0 aliphatic carbocycles. The Bertz CT molecular complexity index is 241. The zero-order valence-electron chi connectivity index (χ0n) is 6.16. The van der Waals surface area contributed by atoms with Crippen LogP contribution in [0.4, 0.5) is 0 Å². The van der Waals surface area contributed by atoms with Crippen molar-refractivity contribution >= 4 is 12.6 Å². The van der Waals surface area contributed by atoms with Crippen LogP contribution in [0.2, 0.25) is 0 Å². The van der Waals surface area contributed by atoms with Gasteiger partial charge in [-0.1, -0.05) is 30.3 Å². The van der Waals surface area contributed by atoms with Crippen LogP contribution in [0, 0.1) is 0 Å². The van der Waals surface area contributed by atoms with Gasteiger partial charge in [0.2, 0.25) is 0 Å². The minimum absolute atomic E-state index is 0.0126. The molecule has 2 rings (SSSR count). The zero-order valence-corrected chi connectivity index (χ0v) is 7.05. The van der Waals surface area contributed by atoms with Gasteiger partial charge in [-0.05, 0) is 5.56 Å². The molecule has 1 heterocycles. The van der Waals surface area contributed by atoms with E-state index in [1.807, 2.05) is 18.2 Å². The van der Waals surface area contributed by atoms with Crippen LogP contribution in [-0.2, 0) is 9.48 Å². The SMILES string of the molecule is SC1(c2ccccc2)COC1. The van der Waals surface area contributed by atoms with Crippen LogP contribution in [0.1, 0.15) is 5.56 Å². The van der Waals surface area contributed by atoms with E-state index in [0.29, 0.717) is 0 Å². The van der Waals surface area contributed by atoms with Crippen molar-refractivity contribution in [3.05, 3.63) is 35.9 Å². The minimum atomic E-state index is -0.0126. The molecule has 0 bridgehead atoms. The summed E-state index contributed by atoms with van der Waals surface area (Å²) in [5, 5.41) is 0. The Kier molecular flexibility index (Phi) is 1.66. The average Bonchev–Trinajstić information content (AvgIpc) is 2.02. The lowest BCUT2D eigenvalue weighted by molar-refractivity contribution is -0.00969. The summed E-state index contributed by atoms with van der Waals surface area (Å²) >= 11 is 4.54. The molecule has 2 heteroatoms. The Labute approximate surface area is 71.8 Å². The predicted molar refractivity (Wildman–Crippen MR) is 47.9 cm³/mol. The molecule has 1 fully saturated rings. The molecule has 0 spiro atoms. The summed E-state index contributed by atoms with van der Waals surface area (Å²) in [7, 11) is 0. The first-order valence-corrected chi connectivity index (χ1v) is 4.12. The third-order valence-electron chi connectivity index (χ3n) is 1.99. The van der Waals surface area contributed by atoms with Gasteiger partial charge in [0.15, 0.2) is 0 Å². The van der Waals surface area contributed by atoms with Crippen LogP contribution in [0.25, 0.3) is 0 Å². The zero-order chi connectivity index (χ0) is 7.73. The number of ether oxygens (including phenoxy) is 1. The van der Waals surface area contributed by atoms with Gasteiger partial charge in [0, 0.05) is 0 Å². The van der Waals surface area contributed by atoms with Gasteiger partial charge in [0.05, 0.1) is 18.0 Å². The molecule has 1 saturated heterocycles. The summed E-state index contributed by atoms with van der Waals surface area (Å²) in [5.41, 5.74) is 1.26. The van der Waals surface area contributed by atoms with E-state index in [4.69, 9.17) is 4.74 Å². The van der Waals surface area contributed by atoms with Gasteiger partial charge in [0.1, 0.15) is 0 Å². The van der Waals surface area contributed by atoms with Crippen molar-refractivity contribution in [3.63, 3.8) is 0 Å². The molecule has 11 heavy (non-hydrogen) atoms. The molecule has 0 unspecified atom stereocenters. The Morgan fingerprint density at radius 2 is 1.82 bits per heavy atom. The molecule has 1 nitrogen and oxygen atoms in total. The molecule has 1 aliphatic rings. The standard InChI is InChI=1S/C9H10OS/c11-9(6-10-7-9)8-4-2-1-3-5-8/h1-5,11H,6-7H2. The van der Waals surface area contributed by atoms with Crippen LogP contribution in [0.15, 0.2) is 30.3 Å². The van der Waals surface area contributed by atoms with E-state index in [0.717, 1.165) is 13.2 Å². The van der Waals surface area contributed by atoms with Crippen molar-refractivity contribution in [1.82, 2.24) is 0 Å². The highest BCUT2D eigenvalue weighted by Gasteiger charge is 2.35. The summed E-state index contributed by atoms with van der Waals surface area (Å²) < 4.78 is 5.10. The molecule has 1 aliphatic heterocycles. The fourth-order valence-electron chi connectivity index (χ4n) is 1.21. The largest absolute Gasteiger partial charge is 0.378 e. The number of thiol groups is 1. The monoisotopic (exact) mass is 166 g/mol. The van der Waals surface area contributed by atoms with Crippen molar-refractivity contribution < 1.29 is 4.74 Å². The van der Waals surface area contributed by atoms with Crippen LogP contribution in [0.3, 0.4) is 0 Å². The summed E-state index contributed by atoms with van der Waals surface area (Å²) in [4.78, 5) is 0. The molecule has 1 aromatic rings. The molecular formula is C9H10OS. The van der Waals surface area contributed by atoms with E-state index < -0.39 is 0 Å². The van der Waals surface area contributed by atoms with Crippen LogP contribution in [0.5, 0.6) is 0 Å². The molecule has 0 saturated carbocycles. The highest BCUT2D eigenvalue weighted by Crippen LogP contribution is 2.35. The first-order valence-electron chi connectivity index (χ1n) is 3.67. The van der Waals surface area contributed by atoms with E-state index in [1.165, 1.54) is 5.56 Å². The molecule has 0 amide bonds. The smallest absolute Gasteiger partial charge is 0.0844 e. The summed E-state index contributed by atoms with van der Waals surface area (Å²) in [6.45, 7) is 1.47. The van der Waals surface area contributed by atoms with Crippen molar-refractivity contribution in [2.45, 2.75) is 4.75 Å². The third kappa shape index (κ3) is 1.17. The lowest BCUT2D eigenvalue weighted by atomic mass is 9.97. The first-order chi connectivity index (χ1) is 5.31. The third-order valence-corrected chi connectivity index (χ3v) is 2.51. The maximum atomic E-state index is 5.12. The number of hydrogen-bond acceptors (Lipinski definition) is 2. The van der Waals surface area contributed by atoms with Crippen molar-refractivity contribution in [3.8, 4) is 0 Å². The average molecular weight is 166 g/mol. The highest BCUT2D eigenvalue weighted by atomic mass is 32.1. The van der Waals surface area contributed by atoms with Gasteiger partial charge >= 0.3 is 0 Å². The van der Waals surface area contributed by atoms with Crippen molar-refractivity contribution in [2.75, 3.05) is 13.2 Å². The van der Waals surface area contributed by atoms with Gasteiger partial charge in [-0.2, -0.15) is 12.6 Å². The molecule has 1 aromatic carbocycles. The summed E-state index contributed by atoms with van der Waals surface area (Å²) in [6.07, 6.45) is 0. The normalized spacial score (nSPS) is 20.8. The lowest BCUT2D eigenvalue weighted by Crippen LogP contribution is -2.41. The number of hydrogen-bond donors (Lipinski definition) is 1. The van der Waals surface area contributed by atoms with Crippen molar-refractivity contribution in [2.24, 2.45) is 0 Å². The summed E-state index contributed by atoms with van der Waals surface area (Å²) in [5.74, 6) is 0. The van der Waals surface area contributed by atoms with Crippen molar-refractivity contribution in [1.29, 1.82) is 0 Å². The molecule has 0 atom stereocenters. The molecular weight excluding hydrogens is 156 g/mol. The van der Waals surface area contributed by atoms with E-state index in [1.54, 1.807) is 0 Å². The fraction of sp³-hybridized carbons (Fsp3) is 0.333. The Morgan fingerprint density at radius 1 is 1.18 bits per heavy atom. The van der Waals surface area contributed by atoms with Gasteiger partial charge in [-0.15, -0.1) is 0 Å². The minimum Gasteiger partial charge on any atom is -0.378 e. The Hall–Kier alpha value is -0.470. The Morgan fingerprint density at radius 3 is 2.27 bits per heavy atom. The lowest BCUT2D eigenvalue weighted by Gasteiger charge is -2.37. The molecule has 0 aromatic heterocycles. The van der Waals surface area contributed by atoms with Crippen LogP contribution < -0.4 is 0 Å². The topological polar surface area (TPSA) is 9.23 Å². The molecule has 58 valence electrons. The molecule has 0 N–H and O–H groups in total. The van der Waals surface area contributed by atoms with E-state index in [9.17, 15) is 0 Å². The fourth-order valence-corrected chi connectivity index (χ4v) is 1.54. The maximum absolute atomic E-state index is 5.12. The second-order valence-electron chi connectivity index (χ2n) is 2.89. The van der Waals surface area contributed by atoms with Crippen LogP contribution in [-0.4, -0.2) is 13.2 Å². The van der Waals surface area contributed by atoms with Gasteiger partial charge < -0.3 is 4.74 Å².